The van der Waals surface area contributed by atoms with Crippen LogP contribution in [0.2, 0.25) is 0 Å². The summed E-state index contributed by atoms with van der Waals surface area (Å²) in [5.74, 6) is 0.780. The van der Waals surface area contributed by atoms with Gasteiger partial charge in [-0.25, -0.2) is 4.98 Å². The number of anilines is 1. The molecule has 1 aliphatic rings. The molecule has 1 aromatic heterocycles. The summed E-state index contributed by atoms with van der Waals surface area (Å²) in [6.07, 6.45) is 6.22. The maximum Gasteiger partial charge on any atom is 0.257 e. The Balaban J connectivity index is 2.12. The Bertz CT molecular complexity index is 415. The van der Waals surface area contributed by atoms with E-state index >= 15 is 0 Å². The van der Waals surface area contributed by atoms with Crippen LogP contribution in [0.25, 0.3) is 0 Å². The summed E-state index contributed by atoms with van der Waals surface area (Å²) in [7, 11) is 1.89. The molecule has 0 saturated heterocycles. The van der Waals surface area contributed by atoms with E-state index in [1.807, 2.05) is 24.1 Å². The highest BCUT2D eigenvalue weighted by Crippen LogP contribution is 2.26. The van der Waals surface area contributed by atoms with Gasteiger partial charge in [-0.1, -0.05) is 6.92 Å². The number of amides is 1. The summed E-state index contributed by atoms with van der Waals surface area (Å²) in [6.45, 7) is 2.93. The summed E-state index contributed by atoms with van der Waals surface area (Å²) < 4.78 is 0. The van der Waals surface area contributed by atoms with Crippen LogP contribution >= 0.6 is 0 Å². The highest BCUT2D eigenvalue weighted by Gasteiger charge is 2.27. The Morgan fingerprint density at radius 1 is 1.56 bits per heavy atom. The van der Waals surface area contributed by atoms with Crippen molar-refractivity contribution in [1.29, 1.82) is 0 Å². The van der Waals surface area contributed by atoms with E-state index in [1.165, 1.54) is 6.42 Å². The summed E-state index contributed by atoms with van der Waals surface area (Å²) in [4.78, 5) is 18.5. The summed E-state index contributed by atoms with van der Waals surface area (Å²) in [5.41, 5.74) is 0.681. The lowest BCUT2D eigenvalue weighted by Gasteiger charge is -2.35. The predicted octanol–water partition coefficient (Wildman–Crippen LogP) is 2.53. The maximum atomic E-state index is 12.4. The molecule has 0 spiro atoms. The van der Waals surface area contributed by atoms with Gasteiger partial charge in [-0.05, 0) is 37.8 Å². The molecule has 4 heteroatoms. The van der Waals surface area contributed by atoms with Gasteiger partial charge in [-0.15, -0.1) is 0 Å². The number of hydrogen-bond donors (Lipinski definition) is 1. The molecule has 1 fully saturated rings. The monoisotopic (exact) mass is 247 g/mol. The minimum Gasteiger partial charge on any atom is -0.369 e. The molecule has 1 saturated carbocycles. The van der Waals surface area contributed by atoms with Crippen molar-refractivity contribution in [3.63, 3.8) is 0 Å². The molecule has 4 nitrogen and oxygen atoms in total. The SMILES string of the molecule is CCCNc1ncccc1C(=O)N(C)C1CCC1. The second-order valence-corrected chi connectivity index (χ2v) is 4.83. The standard InChI is InChI=1S/C14H21N3O/c1-3-9-15-13-12(8-5-10-16-13)14(18)17(2)11-6-4-7-11/h5,8,10-11H,3-4,6-7,9H2,1-2H3,(H,15,16). The molecule has 0 radical (unpaired) electrons. The predicted molar refractivity (Wildman–Crippen MR) is 72.8 cm³/mol. The minimum atomic E-state index is 0.0754. The molecule has 18 heavy (non-hydrogen) atoms. The summed E-state index contributed by atoms with van der Waals surface area (Å²) in [5, 5.41) is 3.22. The lowest BCUT2D eigenvalue weighted by Crippen LogP contribution is -2.41. The molecule has 98 valence electrons. The lowest BCUT2D eigenvalue weighted by molar-refractivity contribution is 0.0652. The van der Waals surface area contributed by atoms with Crippen LogP contribution in [-0.2, 0) is 0 Å². The van der Waals surface area contributed by atoms with Crippen LogP contribution in [0.5, 0.6) is 0 Å². The first kappa shape index (κ1) is 12.9. The zero-order valence-corrected chi connectivity index (χ0v) is 11.1. The summed E-state index contributed by atoms with van der Waals surface area (Å²) >= 11 is 0. The Labute approximate surface area is 108 Å². The number of carbonyl (C=O) groups excluding carboxylic acids is 1. The van der Waals surface area contributed by atoms with Crippen molar-refractivity contribution in [3.05, 3.63) is 23.9 Å². The van der Waals surface area contributed by atoms with E-state index in [1.54, 1.807) is 6.20 Å². The zero-order valence-electron chi connectivity index (χ0n) is 11.1. The molecule has 0 aliphatic heterocycles. The van der Waals surface area contributed by atoms with Gasteiger partial charge in [0.1, 0.15) is 5.82 Å². The van der Waals surface area contributed by atoms with Crippen LogP contribution in [0, 0.1) is 0 Å². The quantitative estimate of drug-likeness (QED) is 0.869. The van der Waals surface area contributed by atoms with Crippen molar-refractivity contribution in [2.75, 3.05) is 18.9 Å². The third-order valence-corrected chi connectivity index (χ3v) is 3.52. The fourth-order valence-electron chi connectivity index (χ4n) is 2.09. The molecule has 0 aromatic carbocycles. The van der Waals surface area contributed by atoms with Crippen LogP contribution in [0.1, 0.15) is 43.0 Å². The highest BCUT2D eigenvalue weighted by molar-refractivity contribution is 5.98. The molecule has 1 aliphatic carbocycles. The van der Waals surface area contributed by atoms with E-state index < -0.39 is 0 Å². The van der Waals surface area contributed by atoms with E-state index in [2.05, 4.69) is 17.2 Å². The van der Waals surface area contributed by atoms with Crippen molar-refractivity contribution in [3.8, 4) is 0 Å². The molecule has 0 atom stereocenters. The third-order valence-electron chi connectivity index (χ3n) is 3.52. The van der Waals surface area contributed by atoms with E-state index in [9.17, 15) is 4.79 Å². The molecule has 2 rings (SSSR count). The lowest BCUT2D eigenvalue weighted by atomic mass is 9.91. The second-order valence-electron chi connectivity index (χ2n) is 4.83. The number of nitrogens with zero attached hydrogens (tertiary/aromatic N) is 2. The smallest absolute Gasteiger partial charge is 0.257 e. The van der Waals surface area contributed by atoms with Crippen molar-refractivity contribution in [1.82, 2.24) is 9.88 Å². The van der Waals surface area contributed by atoms with Crippen LogP contribution in [0.15, 0.2) is 18.3 Å². The number of aromatic nitrogens is 1. The van der Waals surface area contributed by atoms with Crippen LogP contribution in [0.3, 0.4) is 0 Å². The van der Waals surface area contributed by atoms with E-state index in [0.717, 1.165) is 25.8 Å². The number of carbonyl (C=O) groups is 1. The van der Waals surface area contributed by atoms with Gasteiger partial charge in [0.2, 0.25) is 0 Å². The first-order valence-electron chi connectivity index (χ1n) is 6.70. The molecule has 0 bridgehead atoms. The minimum absolute atomic E-state index is 0.0754. The van der Waals surface area contributed by atoms with Gasteiger partial charge in [0.05, 0.1) is 5.56 Å². The number of nitrogens with one attached hydrogen (secondary N) is 1. The first-order valence-corrected chi connectivity index (χ1v) is 6.70. The normalized spacial score (nSPS) is 15.0. The average molecular weight is 247 g/mol. The number of hydrogen-bond acceptors (Lipinski definition) is 3. The van der Waals surface area contributed by atoms with Crippen molar-refractivity contribution < 1.29 is 4.79 Å². The van der Waals surface area contributed by atoms with Gasteiger partial charge >= 0.3 is 0 Å². The Hall–Kier alpha value is -1.58. The molecular weight excluding hydrogens is 226 g/mol. The third kappa shape index (κ3) is 2.63. The fraction of sp³-hybridized carbons (Fsp3) is 0.571. The van der Waals surface area contributed by atoms with Crippen molar-refractivity contribution >= 4 is 11.7 Å². The Kier molecular flexibility index (Phi) is 4.18. The van der Waals surface area contributed by atoms with Crippen LogP contribution in [0.4, 0.5) is 5.82 Å². The van der Waals surface area contributed by atoms with Crippen LogP contribution < -0.4 is 5.32 Å². The van der Waals surface area contributed by atoms with E-state index in [4.69, 9.17) is 0 Å². The van der Waals surface area contributed by atoms with Crippen LogP contribution in [-0.4, -0.2) is 35.4 Å². The first-order chi connectivity index (χ1) is 8.74. The van der Waals surface area contributed by atoms with Gasteiger partial charge in [0.25, 0.3) is 5.91 Å². The maximum absolute atomic E-state index is 12.4. The molecular formula is C14H21N3O. The van der Waals surface area contributed by atoms with Gasteiger partial charge < -0.3 is 10.2 Å². The van der Waals surface area contributed by atoms with Crippen molar-refractivity contribution in [2.24, 2.45) is 0 Å². The molecule has 1 aromatic rings. The Morgan fingerprint density at radius 3 is 2.94 bits per heavy atom. The highest BCUT2D eigenvalue weighted by atomic mass is 16.2. The number of rotatable bonds is 5. The molecule has 1 heterocycles. The van der Waals surface area contributed by atoms with Gasteiger partial charge in [0.15, 0.2) is 0 Å². The molecule has 1 N–H and O–H groups in total. The second kappa shape index (κ2) is 5.85. The Morgan fingerprint density at radius 2 is 2.33 bits per heavy atom. The molecule has 1 amide bonds. The fourth-order valence-corrected chi connectivity index (χ4v) is 2.09. The summed E-state index contributed by atoms with van der Waals surface area (Å²) in [6, 6.07) is 4.08. The zero-order chi connectivity index (χ0) is 13.0. The molecule has 0 unspecified atom stereocenters. The van der Waals surface area contributed by atoms with E-state index in [0.29, 0.717) is 17.4 Å². The van der Waals surface area contributed by atoms with Gasteiger partial charge in [-0.3, -0.25) is 4.79 Å². The average Bonchev–Trinajstić information content (AvgIpc) is 2.33. The largest absolute Gasteiger partial charge is 0.369 e. The van der Waals surface area contributed by atoms with Crippen molar-refractivity contribution in [2.45, 2.75) is 38.6 Å². The van der Waals surface area contributed by atoms with E-state index in [-0.39, 0.29) is 5.91 Å². The van der Waals surface area contributed by atoms with Gasteiger partial charge in [-0.2, -0.15) is 0 Å². The number of pyridine rings is 1. The topological polar surface area (TPSA) is 45.2 Å². The van der Waals surface area contributed by atoms with Gasteiger partial charge in [0, 0.05) is 25.8 Å².